The highest BCUT2D eigenvalue weighted by atomic mass is 16.6. The Morgan fingerprint density at radius 3 is 2.18 bits per heavy atom. The molecule has 128 valence electrons. The lowest BCUT2D eigenvalue weighted by Crippen LogP contribution is -2.55. The van der Waals surface area contributed by atoms with Crippen LogP contribution in [-0.4, -0.2) is 77.2 Å². The second kappa shape index (κ2) is 6.75. The van der Waals surface area contributed by atoms with Crippen molar-refractivity contribution in [1.82, 2.24) is 14.7 Å². The number of amides is 1. The number of rotatable bonds is 2. The van der Waals surface area contributed by atoms with Crippen molar-refractivity contribution < 1.29 is 9.53 Å². The Labute approximate surface area is 135 Å². The molecule has 0 radical (unpaired) electrons. The van der Waals surface area contributed by atoms with Crippen molar-refractivity contribution in [3.63, 3.8) is 0 Å². The Morgan fingerprint density at radius 1 is 1.09 bits per heavy atom. The van der Waals surface area contributed by atoms with Gasteiger partial charge in [-0.25, -0.2) is 4.79 Å². The fourth-order valence-electron chi connectivity index (χ4n) is 3.58. The number of hydrogen-bond donors (Lipinski definition) is 0. The van der Waals surface area contributed by atoms with Crippen molar-refractivity contribution >= 4 is 6.09 Å². The highest BCUT2D eigenvalue weighted by molar-refractivity contribution is 5.69. The van der Waals surface area contributed by atoms with Gasteiger partial charge in [-0.05, 0) is 48.0 Å². The van der Waals surface area contributed by atoms with Gasteiger partial charge >= 0.3 is 6.09 Å². The minimum atomic E-state index is -0.419. The van der Waals surface area contributed by atoms with Crippen molar-refractivity contribution in [3.8, 4) is 0 Å². The van der Waals surface area contributed by atoms with Gasteiger partial charge in [0.2, 0.25) is 0 Å². The molecule has 2 saturated heterocycles. The average molecular weight is 311 g/mol. The van der Waals surface area contributed by atoms with Gasteiger partial charge in [0, 0.05) is 50.8 Å². The molecule has 2 rings (SSSR count). The first-order valence-corrected chi connectivity index (χ1v) is 8.67. The topological polar surface area (TPSA) is 36.0 Å². The molecule has 0 aromatic carbocycles. The summed E-state index contributed by atoms with van der Waals surface area (Å²) in [6.07, 6.45) is 0.894. The molecule has 0 N–H and O–H groups in total. The van der Waals surface area contributed by atoms with Gasteiger partial charge in [-0.15, -0.1) is 0 Å². The monoisotopic (exact) mass is 311 g/mol. The summed E-state index contributed by atoms with van der Waals surface area (Å²) >= 11 is 0. The fourth-order valence-corrected chi connectivity index (χ4v) is 3.58. The van der Waals surface area contributed by atoms with Gasteiger partial charge in [0.25, 0.3) is 0 Å². The highest BCUT2D eigenvalue weighted by Crippen LogP contribution is 2.26. The number of hydrogen-bond acceptors (Lipinski definition) is 4. The van der Waals surface area contributed by atoms with Crippen LogP contribution < -0.4 is 0 Å². The molecule has 2 fully saturated rings. The number of piperazine rings is 1. The SMILES string of the molecule is CC(C)N1CCN([C@H]2CCN(C(=O)OC(C)(C)C)[C@H]2C)CC1. The third kappa shape index (κ3) is 4.13. The minimum Gasteiger partial charge on any atom is -0.444 e. The number of likely N-dealkylation sites (tertiary alicyclic amines) is 1. The summed E-state index contributed by atoms with van der Waals surface area (Å²) in [5, 5.41) is 0. The maximum absolute atomic E-state index is 12.3. The van der Waals surface area contributed by atoms with Crippen LogP contribution in [0.4, 0.5) is 4.79 Å². The van der Waals surface area contributed by atoms with Crippen molar-refractivity contribution in [2.24, 2.45) is 0 Å². The molecule has 0 aromatic heterocycles. The molecule has 22 heavy (non-hydrogen) atoms. The van der Waals surface area contributed by atoms with Crippen molar-refractivity contribution in [2.75, 3.05) is 32.7 Å². The predicted octanol–water partition coefficient (Wildman–Crippen LogP) is 2.41. The van der Waals surface area contributed by atoms with Crippen LogP contribution in [0.2, 0.25) is 0 Å². The summed E-state index contributed by atoms with van der Waals surface area (Å²) < 4.78 is 5.54. The molecule has 0 bridgehead atoms. The van der Waals surface area contributed by atoms with E-state index >= 15 is 0 Å². The molecule has 5 heteroatoms. The van der Waals surface area contributed by atoms with E-state index in [1.54, 1.807) is 0 Å². The van der Waals surface area contributed by atoms with E-state index in [9.17, 15) is 4.79 Å². The maximum atomic E-state index is 12.3. The first-order chi connectivity index (χ1) is 10.2. The Bertz CT molecular complexity index is 384. The molecule has 5 nitrogen and oxygen atoms in total. The molecule has 2 atom stereocenters. The lowest BCUT2D eigenvalue weighted by molar-refractivity contribution is 0.0170. The van der Waals surface area contributed by atoms with Crippen molar-refractivity contribution in [2.45, 2.75) is 71.7 Å². The van der Waals surface area contributed by atoms with E-state index in [1.165, 1.54) is 0 Å². The summed E-state index contributed by atoms with van der Waals surface area (Å²) in [4.78, 5) is 19.3. The van der Waals surface area contributed by atoms with Gasteiger partial charge in [-0.1, -0.05) is 0 Å². The van der Waals surface area contributed by atoms with E-state index in [0.29, 0.717) is 12.1 Å². The Balaban J connectivity index is 1.89. The van der Waals surface area contributed by atoms with Gasteiger partial charge in [-0.2, -0.15) is 0 Å². The molecule has 0 spiro atoms. The molecule has 2 aliphatic rings. The number of carbonyl (C=O) groups excluding carboxylic acids is 1. The molecule has 2 aliphatic heterocycles. The van der Waals surface area contributed by atoms with Crippen molar-refractivity contribution in [3.05, 3.63) is 0 Å². The predicted molar refractivity (Wildman–Crippen MR) is 89.1 cm³/mol. The van der Waals surface area contributed by atoms with E-state index in [2.05, 4.69) is 30.6 Å². The van der Waals surface area contributed by atoms with Crippen LogP contribution in [0.3, 0.4) is 0 Å². The zero-order chi connectivity index (χ0) is 16.5. The van der Waals surface area contributed by atoms with Crippen LogP contribution in [0.25, 0.3) is 0 Å². The summed E-state index contributed by atoms with van der Waals surface area (Å²) in [5.41, 5.74) is -0.419. The molecule has 0 saturated carbocycles. The zero-order valence-corrected chi connectivity index (χ0v) is 15.1. The largest absolute Gasteiger partial charge is 0.444 e. The third-order valence-corrected chi connectivity index (χ3v) is 4.89. The highest BCUT2D eigenvalue weighted by Gasteiger charge is 2.39. The van der Waals surface area contributed by atoms with Gasteiger partial charge in [0.1, 0.15) is 5.60 Å². The van der Waals surface area contributed by atoms with Crippen LogP contribution in [-0.2, 0) is 4.74 Å². The van der Waals surface area contributed by atoms with Gasteiger partial charge in [-0.3, -0.25) is 9.80 Å². The van der Waals surface area contributed by atoms with Gasteiger partial charge in [0.15, 0.2) is 0 Å². The molecule has 1 amide bonds. The quantitative estimate of drug-likeness (QED) is 0.784. The Morgan fingerprint density at radius 2 is 1.68 bits per heavy atom. The van der Waals surface area contributed by atoms with E-state index in [1.807, 2.05) is 25.7 Å². The van der Waals surface area contributed by atoms with Crippen LogP contribution in [0, 0.1) is 0 Å². The lowest BCUT2D eigenvalue weighted by Gasteiger charge is -2.41. The Hall–Kier alpha value is -0.810. The molecular weight excluding hydrogens is 278 g/mol. The van der Waals surface area contributed by atoms with E-state index in [-0.39, 0.29) is 12.1 Å². The van der Waals surface area contributed by atoms with Crippen LogP contribution in [0.5, 0.6) is 0 Å². The molecule has 0 unspecified atom stereocenters. The third-order valence-electron chi connectivity index (χ3n) is 4.89. The van der Waals surface area contributed by atoms with E-state index in [0.717, 1.165) is 39.1 Å². The average Bonchev–Trinajstić information content (AvgIpc) is 2.79. The number of ether oxygens (including phenoxy) is 1. The Kier molecular flexibility index (Phi) is 5.38. The van der Waals surface area contributed by atoms with Crippen LogP contribution in [0.15, 0.2) is 0 Å². The standard InChI is InChI=1S/C17H33N3O2/c1-13(2)18-9-11-19(12-10-18)15-7-8-20(14(15)3)16(21)22-17(4,5)6/h13-15H,7-12H2,1-6H3/t14-,15-/m0/s1. The molecule has 2 heterocycles. The number of nitrogens with zero attached hydrogens (tertiary/aromatic N) is 3. The summed E-state index contributed by atoms with van der Waals surface area (Å²) in [7, 11) is 0. The van der Waals surface area contributed by atoms with Gasteiger partial charge in [0.05, 0.1) is 0 Å². The summed E-state index contributed by atoms with van der Waals surface area (Å²) in [6, 6.07) is 1.34. The normalized spacial score (nSPS) is 28.4. The first kappa shape index (κ1) is 17.5. The zero-order valence-electron chi connectivity index (χ0n) is 15.1. The van der Waals surface area contributed by atoms with Crippen LogP contribution >= 0.6 is 0 Å². The van der Waals surface area contributed by atoms with Crippen LogP contribution in [0.1, 0.15) is 48.0 Å². The van der Waals surface area contributed by atoms with E-state index < -0.39 is 5.60 Å². The lowest BCUT2D eigenvalue weighted by atomic mass is 10.1. The van der Waals surface area contributed by atoms with Crippen molar-refractivity contribution in [1.29, 1.82) is 0 Å². The second-order valence-corrected chi connectivity index (χ2v) is 7.94. The number of carbonyl (C=O) groups is 1. The first-order valence-electron chi connectivity index (χ1n) is 8.67. The van der Waals surface area contributed by atoms with E-state index in [4.69, 9.17) is 4.74 Å². The summed E-state index contributed by atoms with van der Waals surface area (Å²) in [6.45, 7) is 17.7. The molecular formula is C17H33N3O2. The van der Waals surface area contributed by atoms with Gasteiger partial charge < -0.3 is 9.64 Å². The second-order valence-electron chi connectivity index (χ2n) is 7.94. The minimum absolute atomic E-state index is 0.164. The smallest absolute Gasteiger partial charge is 0.410 e. The fraction of sp³-hybridized carbons (Fsp3) is 0.941. The molecule has 0 aliphatic carbocycles. The maximum Gasteiger partial charge on any atom is 0.410 e. The summed E-state index contributed by atoms with van der Waals surface area (Å²) in [5.74, 6) is 0. The molecule has 0 aromatic rings.